The molecule has 0 saturated heterocycles. The lowest BCUT2D eigenvalue weighted by Gasteiger charge is -2.08. The smallest absolute Gasteiger partial charge is 0.119 e. The summed E-state index contributed by atoms with van der Waals surface area (Å²) >= 11 is 1.65. The van der Waals surface area contributed by atoms with Crippen LogP contribution in [0.15, 0.2) is 35.2 Å². The molecule has 2 rings (SSSR count). The van der Waals surface area contributed by atoms with E-state index in [1.165, 1.54) is 5.56 Å². The van der Waals surface area contributed by atoms with Gasteiger partial charge in [0.15, 0.2) is 0 Å². The largest absolute Gasteiger partial charge is 0.494 e. The van der Waals surface area contributed by atoms with Crippen LogP contribution in [0.25, 0.3) is 0 Å². The van der Waals surface area contributed by atoms with Gasteiger partial charge in [0, 0.05) is 24.9 Å². The van der Waals surface area contributed by atoms with Crippen molar-refractivity contribution in [3.05, 3.63) is 46.4 Å². The second-order valence-corrected chi connectivity index (χ2v) is 5.12. The van der Waals surface area contributed by atoms with Crippen LogP contribution in [-0.4, -0.2) is 18.1 Å². The van der Waals surface area contributed by atoms with Gasteiger partial charge in [-0.15, -0.1) is 11.3 Å². The van der Waals surface area contributed by atoms with Gasteiger partial charge in [0.05, 0.1) is 17.8 Å². The molecule has 1 aromatic heterocycles. The van der Waals surface area contributed by atoms with Gasteiger partial charge in [-0.3, -0.25) is 0 Å². The Morgan fingerprint density at radius 2 is 2.32 bits per heavy atom. The fourth-order valence-corrected chi connectivity index (χ4v) is 2.37. The summed E-state index contributed by atoms with van der Waals surface area (Å²) in [6.07, 6.45) is 2.02. The molecule has 0 atom stereocenters. The van der Waals surface area contributed by atoms with Gasteiger partial charge in [-0.1, -0.05) is 19.1 Å². The van der Waals surface area contributed by atoms with E-state index in [-0.39, 0.29) is 0 Å². The number of nitrogens with one attached hydrogen (secondary N) is 1. The molecule has 4 heteroatoms. The van der Waals surface area contributed by atoms with Gasteiger partial charge in [0.2, 0.25) is 0 Å². The van der Waals surface area contributed by atoms with Gasteiger partial charge in [0.1, 0.15) is 5.75 Å². The average Bonchev–Trinajstić information content (AvgIpc) is 2.95. The average molecular weight is 276 g/mol. The molecule has 0 bridgehead atoms. The molecular formula is C15H20N2OS. The molecule has 1 heterocycles. The molecule has 0 aliphatic rings. The predicted molar refractivity (Wildman–Crippen MR) is 79.8 cm³/mol. The minimum atomic E-state index is 0.778. The summed E-state index contributed by atoms with van der Waals surface area (Å²) in [4.78, 5) is 4.27. The van der Waals surface area contributed by atoms with Gasteiger partial charge < -0.3 is 10.1 Å². The molecule has 0 aliphatic heterocycles. The van der Waals surface area contributed by atoms with Crippen LogP contribution in [0.4, 0.5) is 0 Å². The van der Waals surface area contributed by atoms with Crippen LogP contribution in [-0.2, 0) is 13.0 Å². The van der Waals surface area contributed by atoms with E-state index in [4.69, 9.17) is 4.74 Å². The topological polar surface area (TPSA) is 34.1 Å². The van der Waals surface area contributed by atoms with E-state index in [9.17, 15) is 0 Å². The molecular weight excluding hydrogens is 256 g/mol. The molecule has 0 fully saturated rings. The van der Waals surface area contributed by atoms with Crippen molar-refractivity contribution in [2.75, 3.05) is 13.2 Å². The minimum Gasteiger partial charge on any atom is -0.494 e. The van der Waals surface area contributed by atoms with Gasteiger partial charge in [-0.2, -0.15) is 0 Å². The van der Waals surface area contributed by atoms with Gasteiger partial charge in [-0.05, 0) is 24.1 Å². The highest BCUT2D eigenvalue weighted by Gasteiger charge is 1.98. The van der Waals surface area contributed by atoms with Crippen LogP contribution in [0, 0.1) is 0 Å². The fourth-order valence-electron chi connectivity index (χ4n) is 1.78. The summed E-state index contributed by atoms with van der Waals surface area (Å²) in [7, 11) is 0. The number of ether oxygens (including phenoxy) is 1. The molecule has 0 radical (unpaired) electrons. The van der Waals surface area contributed by atoms with E-state index in [1.54, 1.807) is 11.3 Å². The number of benzene rings is 1. The first kappa shape index (κ1) is 14.0. The number of aromatic nitrogens is 1. The Morgan fingerprint density at radius 3 is 3.11 bits per heavy atom. The van der Waals surface area contributed by atoms with Crippen LogP contribution in [0.5, 0.6) is 5.75 Å². The summed E-state index contributed by atoms with van der Waals surface area (Å²) in [6, 6.07) is 8.27. The van der Waals surface area contributed by atoms with Crippen molar-refractivity contribution in [1.29, 1.82) is 0 Å². The summed E-state index contributed by atoms with van der Waals surface area (Å²) in [6.45, 7) is 4.71. The number of thiazole rings is 1. The Kier molecular flexibility index (Phi) is 5.85. The van der Waals surface area contributed by atoms with E-state index >= 15 is 0 Å². The lowest BCUT2D eigenvalue weighted by Crippen LogP contribution is -2.16. The van der Waals surface area contributed by atoms with Crippen LogP contribution in [0.1, 0.15) is 24.6 Å². The van der Waals surface area contributed by atoms with E-state index in [0.717, 1.165) is 44.0 Å². The van der Waals surface area contributed by atoms with Gasteiger partial charge in [-0.25, -0.2) is 4.98 Å². The third-order valence-corrected chi connectivity index (χ3v) is 3.38. The molecule has 102 valence electrons. The molecule has 2 aromatic rings. The maximum atomic E-state index is 5.62. The fraction of sp³-hybridized carbons (Fsp3) is 0.400. The van der Waals surface area contributed by atoms with Crippen molar-refractivity contribution in [2.24, 2.45) is 0 Å². The third kappa shape index (κ3) is 5.01. The molecule has 19 heavy (non-hydrogen) atoms. The Balaban J connectivity index is 1.73. The van der Waals surface area contributed by atoms with Crippen LogP contribution < -0.4 is 10.1 Å². The Morgan fingerprint density at radius 1 is 1.37 bits per heavy atom. The SMILES string of the molecule is CCCOc1cccc(CNCCc2cscn2)c1. The third-order valence-electron chi connectivity index (χ3n) is 2.74. The maximum absolute atomic E-state index is 5.62. The Hall–Kier alpha value is -1.39. The van der Waals surface area contributed by atoms with Crippen molar-refractivity contribution in [1.82, 2.24) is 10.3 Å². The van der Waals surface area contributed by atoms with E-state index in [0.29, 0.717) is 0 Å². The predicted octanol–water partition coefficient (Wildman–Crippen LogP) is 3.26. The standard InChI is InChI=1S/C15H20N2OS/c1-2-8-18-15-5-3-4-13(9-15)10-16-7-6-14-11-19-12-17-14/h3-5,9,11-12,16H,2,6-8,10H2,1H3. The summed E-state index contributed by atoms with van der Waals surface area (Å²) in [5, 5.41) is 5.53. The molecule has 0 spiro atoms. The van der Waals surface area contributed by atoms with Crippen LogP contribution in [0.3, 0.4) is 0 Å². The van der Waals surface area contributed by atoms with Crippen molar-refractivity contribution < 1.29 is 4.74 Å². The Labute approximate surface area is 118 Å². The molecule has 0 saturated carbocycles. The molecule has 1 aromatic carbocycles. The highest BCUT2D eigenvalue weighted by Crippen LogP contribution is 2.13. The first-order valence-corrected chi connectivity index (χ1v) is 7.62. The maximum Gasteiger partial charge on any atom is 0.119 e. The molecule has 3 nitrogen and oxygen atoms in total. The zero-order valence-corrected chi connectivity index (χ0v) is 12.1. The second-order valence-electron chi connectivity index (χ2n) is 4.40. The van der Waals surface area contributed by atoms with E-state index in [2.05, 4.69) is 34.7 Å². The summed E-state index contributed by atoms with van der Waals surface area (Å²) in [5.74, 6) is 0.959. The van der Waals surface area contributed by atoms with Crippen molar-refractivity contribution in [3.63, 3.8) is 0 Å². The zero-order chi connectivity index (χ0) is 13.3. The monoisotopic (exact) mass is 276 g/mol. The number of rotatable bonds is 8. The second kappa shape index (κ2) is 7.92. The summed E-state index contributed by atoms with van der Waals surface area (Å²) in [5.41, 5.74) is 4.30. The van der Waals surface area contributed by atoms with E-state index in [1.807, 2.05) is 17.6 Å². The Bertz CT molecular complexity index is 471. The highest BCUT2D eigenvalue weighted by molar-refractivity contribution is 7.07. The van der Waals surface area contributed by atoms with Crippen LogP contribution in [0.2, 0.25) is 0 Å². The van der Waals surface area contributed by atoms with E-state index < -0.39 is 0 Å². The number of nitrogens with zero attached hydrogens (tertiary/aromatic N) is 1. The molecule has 1 N–H and O–H groups in total. The zero-order valence-electron chi connectivity index (χ0n) is 11.3. The summed E-state index contributed by atoms with van der Waals surface area (Å²) < 4.78 is 5.62. The van der Waals surface area contributed by atoms with Crippen molar-refractivity contribution in [2.45, 2.75) is 26.3 Å². The van der Waals surface area contributed by atoms with Crippen molar-refractivity contribution >= 4 is 11.3 Å². The molecule has 0 aliphatic carbocycles. The number of hydrogen-bond acceptors (Lipinski definition) is 4. The van der Waals surface area contributed by atoms with Gasteiger partial charge in [0.25, 0.3) is 0 Å². The molecule has 0 unspecified atom stereocenters. The van der Waals surface area contributed by atoms with Gasteiger partial charge >= 0.3 is 0 Å². The van der Waals surface area contributed by atoms with Crippen LogP contribution >= 0.6 is 11.3 Å². The lowest BCUT2D eigenvalue weighted by atomic mass is 10.2. The minimum absolute atomic E-state index is 0.778. The molecule has 0 amide bonds. The normalized spacial score (nSPS) is 10.6. The number of hydrogen-bond donors (Lipinski definition) is 1. The first-order chi connectivity index (χ1) is 9.38. The first-order valence-electron chi connectivity index (χ1n) is 6.68. The highest BCUT2D eigenvalue weighted by atomic mass is 32.1. The quantitative estimate of drug-likeness (QED) is 0.751. The lowest BCUT2D eigenvalue weighted by molar-refractivity contribution is 0.317. The van der Waals surface area contributed by atoms with Crippen molar-refractivity contribution in [3.8, 4) is 5.75 Å².